The molecule has 0 amide bonds. The highest BCUT2D eigenvalue weighted by atomic mass is 79.9. The summed E-state index contributed by atoms with van der Waals surface area (Å²) in [5.74, 6) is 1.05. The van der Waals surface area contributed by atoms with Crippen LogP contribution in [0, 0.1) is 0 Å². The SMILES string of the molecule is CCNCc1cncn1Cc1cc(Br)cc2c1OCC2. The summed E-state index contributed by atoms with van der Waals surface area (Å²) < 4.78 is 9.07. The Morgan fingerprint density at radius 2 is 2.35 bits per heavy atom. The van der Waals surface area contributed by atoms with Crippen molar-refractivity contribution < 1.29 is 4.74 Å². The molecule has 0 saturated carbocycles. The lowest BCUT2D eigenvalue weighted by Crippen LogP contribution is -2.15. The van der Waals surface area contributed by atoms with E-state index in [2.05, 4.69) is 49.9 Å². The molecule has 0 atom stereocenters. The van der Waals surface area contributed by atoms with Crippen molar-refractivity contribution in [1.29, 1.82) is 0 Å². The van der Waals surface area contributed by atoms with Crippen molar-refractivity contribution >= 4 is 15.9 Å². The molecule has 20 heavy (non-hydrogen) atoms. The minimum Gasteiger partial charge on any atom is -0.493 e. The van der Waals surface area contributed by atoms with Gasteiger partial charge in [0.05, 0.1) is 25.2 Å². The number of ether oxygens (including phenoxy) is 1. The molecule has 1 aromatic carbocycles. The highest BCUT2D eigenvalue weighted by Gasteiger charge is 2.18. The van der Waals surface area contributed by atoms with Crippen molar-refractivity contribution in [3.8, 4) is 5.75 Å². The molecule has 5 heteroatoms. The molecule has 1 N–H and O–H groups in total. The number of benzene rings is 1. The maximum atomic E-state index is 5.78. The molecule has 0 fully saturated rings. The molecule has 2 aromatic rings. The lowest BCUT2D eigenvalue weighted by molar-refractivity contribution is 0.352. The fourth-order valence-electron chi connectivity index (χ4n) is 2.54. The van der Waals surface area contributed by atoms with Crippen molar-refractivity contribution in [1.82, 2.24) is 14.9 Å². The summed E-state index contributed by atoms with van der Waals surface area (Å²) in [7, 11) is 0. The van der Waals surface area contributed by atoms with E-state index in [0.717, 1.165) is 42.9 Å². The first kappa shape index (κ1) is 13.6. The van der Waals surface area contributed by atoms with E-state index in [-0.39, 0.29) is 0 Å². The van der Waals surface area contributed by atoms with Crippen LogP contribution in [-0.4, -0.2) is 22.7 Å². The molecule has 3 rings (SSSR count). The van der Waals surface area contributed by atoms with Gasteiger partial charge in [0.2, 0.25) is 0 Å². The quantitative estimate of drug-likeness (QED) is 0.913. The summed E-state index contributed by atoms with van der Waals surface area (Å²) in [6, 6.07) is 4.29. The number of rotatable bonds is 5. The summed E-state index contributed by atoms with van der Waals surface area (Å²) in [6.45, 7) is 5.49. The van der Waals surface area contributed by atoms with Gasteiger partial charge in [0, 0.05) is 29.2 Å². The molecule has 106 valence electrons. The van der Waals surface area contributed by atoms with Gasteiger partial charge in [-0.3, -0.25) is 0 Å². The number of nitrogens with one attached hydrogen (secondary N) is 1. The van der Waals surface area contributed by atoms with Crippen LogP contribution in [0.25, 0.3) is 0 Å². The summed E-state index contributed by atoms with van der Waals surface area (Å²) in [4.78, 5) is 4.26. The third-order valence-corrected chi connectivity index (χ3v) is 3.98. The molecule has 0 unspecified atom stereocenters. The van der Waals surface area contributed by atoms with Crippen molar-refractivity contribution in [3.63, 3.8) is 0 Å². The van der Waals surface area contributed by atoms with Crippen molar-refractivity contribution in [2.24, 2.45) is 0 Å². The third kappa shape index (κ3) is 2.74. The zero-order valence-electron chi connectivity index (χ0n) is 11.5. The number of halogens is 1. The second-order valence-electron chi connectivity index (χ2n) is 4.94. The van der Waals surface area contributed by atoms with Gasteiger partial charge in [-0.25, -0.2) is 4.98 Å². The molecule has 0 radical (unpaired) electrons. The van der Waals surface area contributed by atoms with E-state index >= 15 is 0 Å². The van der Waals surface area contributed by atoms with Crippen LogP contribution >= 0.6 is 15.9 Å². The van der Waals surface area contributed by atoms with Crippen LogP contribution in [0.5, 0.6) is 5.75 Å². The van der Waals surface area contributed by atoms with Crippen LogP contribution < -0.4 is 10.1 Å². The van der Waals surface area contributed by atoms with Gasteiger partial charge in [0.15, 0.2) is 0 Å². The van der Waals surface area contributed by atoms with Crippen molar-refractivity contribution in [2.45, 2.75) is 26.4 Å². The maximum Gasteiger partial charge on any atom is 0.127 e. The van der Waals surface area contributed by atoms with Gasteiger partial charge in [-0.15, -0.1) is 0 Å². The van der Waals surface area contributed by atoms with E-state index in [0.29, 0.717) is 0 Å². The first-order valence-corrected chi connectivity index (χ1v) is 7.71. The number of aromatic nitrogens is 2. The molecule has 0 spiro atoms. The van der Waals surface area contributed by atoms with Crippen LogP contribution in [-0.2, 0) is 19.5 Å². The Balaban J connectivity index is 1.87. The Bertz CT molecular complexity index is 609. The maximum absolute atomic E-state index is 5.78. The third-order valence-electron chi connectivity index (χ3n) is 3.52. The Labute approximate surface area is 127 Å². The Morgan fingerprint density at radius 3 is 3.20 bits per heavy atom. The summed E-state index contributed by atoms with van der Waals surface area (Å²) in [6.07, 6.45) is 4.80. The van der Waals surface area contributed by atoms with Crippen molar-refractivity contribution in [3.05, 3.63) is 46.0 Å². The molecule has 1 aliphatic heterocycles. The fraction of sp³-hybridized carbons (Fsp3) is 0.400. The van der Waals surface area contributed by atoms with Gasteiger partial charge in [0.25, 0.3) is 0 Å². The van der Waals surface area contributed by atoms with Crippen LogP contribution in [0.4, 0.5) is 0 Å². The predicted molar refractivity (Wildman–Crippen MR) is 82.1 cm³/mol. The molecule has 4 nitrogen and oxygen atoms in total. The Morgan fingerprint density at radius 1 is 1.45 bits per heavy atom. The number of hydrogen-bond donors (Lipinski definition) is 1. The smallest absolute Gasteiger partial charge is 0.127 e. The minimum absolute atomic E-state index is 0.785. The second kappa shape index (κ2) is 5.97. The van der Waals surface area contributed by atoms with Gasteiger partial charge in [0.1, 0.15) is 5.75 Å². The monoisotopic (exact) mass is 335 g/mol. The number of nitrogens with zero attached hydrogens (tertiary/aromatic N) is 2. The van der Waals surface area contributed by atoms with Crippen molar-refractivity contribution in [2.75, 3.05) is 13.2 Å². The van der Waals surface area contributed by atoms with Crippen LogP contribution in [0.1, 0.15) is 23.7 Å². The highest BCUT2D eigenvalue weighted by Crippen LogP contribution is 2.33. The van der Waals surface area contributed by atoms with Crippen LogP contribution in [0.2, 0.25) is 0 Å². The van der Waals surface area contributed by atoms with E-state index in [1.54, 1.807) is 0 Å². The van der Waals surface area contributed by atoms with E-state index in [4.69, 9.17) is 4.74 Å². The Hall–Kier alpha value is -1.33. The summed E-state index contributed by atoms with van der Waals surface area (Å²) >= 11 is 3.59. The number of imidazole rings is 1. The largest absolute Gasteiger partial charge is 0.493 e. The lowest BCUT2D eigenvalue weighted by atomic mass is 10.1. The first-order chi connectivity index (χ1) is 9.78. The number of fused-ring (bicyclic) bond motifs is 1. The average molecular weight is 336 g/mol. The summed E-state index contributed by atoms with van der Waals surface area (Å²) in [5.41, 5.74) is 3.70. The van der Waals surface area contributed by atoms with E-state index in [1.165, 1.54) is 16.8 Å². The van der Waals surface area contributed by atoms with E-state index in [9.17, 15) is 0 Å². The molecule has 0 bridgehead atoms. The molecule has 0 aliphatic carbocycles. The highest BCUT2D eigenvalue weighted by molar-refractivity contribution is 9.10. The van der Waals surface area contributed by atoms with Gasteiger partial charge >= 0.3 is 0 Å². The first-order valence-electron chi connectivity index (χ1n) is 6.91. The topological polar surface area (TPSA) is 39.1 Å². The van der Waals surface area contributed by atoms with E-state index in [1.807, 2.05) is 12.5 Å². The standard InChI is InChI=1S/C15H18BrN3O/c1-2-17-7-14-8-18-10-19(14)9-12-6-13(16)5-11-3-4-20-15(11)12/h5-6,8,10,17H,2-4,7,9H2,1H3. The van der Waals surface area contributed by atoms with Crippen LogP contribution in [0.15, 0.2) is 29.1 Å². The zero-order chi connectivity index (χ0) is 13.9. The fourth-order valence-corrected chi connectivity index (χ4v) is 3.09. The molecule has 1 aliphatic rings. The lowest BCUT2D eigenvalue weighted by Gasteiger charge is -2.12. The minimum atomic E-state index is 0.785. The molecule has 1 aromatic heterocycles. The van der Waals surface area contributed by atoms with E-state index < -0.39 is 0 Å². The Kier molecular flexibility index (Phi) is 4.08. The normalized spacial score (nSPS) is 13.3. The zero-order valence-corrected chi connectivity index (χ0v) is 13.1. The average Bonchev–Trinajstić information content (AvgIpc) is 3.05. The van der Waals surface area contributed by atoms with Gasteiger partial charge in [-0.05, 0) is 24.2 Å². The molecule has 0 saturated heterocycles. The van der Waals surface area contributed by atoms with Gasteiger partial charge < -0.3 is 14.6 Å². The summed E-state index contributed by atoms with van der Waals surface area (Å²) in [5, 5.41) is 3.34. The van der Waals surface area contributed by atoms with Gasteiger partial charge in [-0.1, -0.05) is 22.9 Å². The van der Waals surface area contributed by atoms with Gasteiger partial charge in [-0.2, -0.15) is 0 Å². The van der Waals surface area contributed by atoms with Crippen LogP contribution in [0.3, 0.4) is 0 Å². The second-order valence-corrected chi connectivity index (χ2v) is 5.86. The predicted octanol–water partition coefficient (Wildman–Crippen LogP) is 2.74. The molecule has 2 heterocycles. The molecular weight excluding hydrogens is 318 g/mol. The number of hydrogen-bond acceptors (Lipinski definition) is 3. The molecular formula is C15H18BrN3O.